The van der Waals surface area contributed by atoms with E-state index in [0.717, 1.165) is 18.4 Å². The number of piperidine rings is 1. The van der Waals surface area contributed by atoms with Crippen LogP contribution in [0.15, 0.2) is 24.3 Å². The zero-order chi connectivity index (χ0) is 15.2. The Balaban J connectivity index is 1.76. The van der Waals surface area contributed by atoms with Crippen LogP contribution in [-0.4, -0.2) is 36.4 Å². The molecule has 1 saturated heterocycles. The molecule has 5 heteroatoms. The number of aryl methyl sites for hydroxylation is 1. The van der Waals surface area contributed by atoms with Crippen molar-refractivity contribution in [3.8, 4) is 5.75 Å². The van der Waals surface area contributed by atoms with Gasteiger partial charge in [-0.1, -0.05) is 12.1 Å². The van der Waals surface area contributed by atoms with Gasteiger partial charge in [-0.05, 0) is 43.4 Å². The molecule has 1 heterocycles. The highest BCUT2D eigenvalue weighted by molar-refractivity contribution is 5.78. The van der Waals surface area contributed by atoms with E-state index in [0.29, 0.717) is 31.2 Å². The standard InChI is InChI=1S/C16H22N2O3/c1-12-3-2-4-14(9-12)21-11-16(20)18-7-5-13(6-8-18)10-15(17)19/h2-4,9,13H,5-8,10-11H2,1H3,(H2,17,19). The van der Waals surface area contributed by atoms with Crippen LogP contribution in [-0.2, 0) is 9.59 Å². The molecule has 0 saturated carbocycles. The maximum Gasteiger partial charge on any atom is 0.260 e. The molecule has 2 N–H and O–H groups in total. The summed E-state index contributed by atoms with van der Waals surface area (Å²) in [4.78, 5) is 24.8. The largest absolute Gasteiger partial charge is 0.484 e. The first kappa shape index (κ1) is 15.4. The highest BCUT2D eigenvalue weighted by Crippen LogP contribution is 2.20. The lowest BCUT2D eigenvalue weighted by atomic mass is 9.93. The van der Waals surface area contributed by atoms with Crippen LogP contribution in [0.1, 0.15) is 24.8 Å². The van der Waals surface area contributed by atoms with Crippen LogP contribution in [0.2, 0.25) is 0 Å². The zero-order valence-electron chi connectivity index (χ0n) is 12.4. The highest BCUT2D eigenvalue weighted by Gasteiger charge is 2.23. The second kappa shape index (κ2) is 7.11. The topological polar surface area (TPSA) is 72.6 Å². The van der Waals surface area contributed by atoms with Gasteiger partial charge in [-0.15, -0.1) is 0 Å². The van der Waals surface area contributed by atoms with Crippen molar-refractivity contribution in [2.24, 2.45) is 11.7 Å². The van der Waals surface area contributed by atoms with Crippen molar-refractivity contribution >= 4 is 11.8 Å². The molecule has 0 bridgehead atoms. The molecule has 1 aliphatic heterocycles. The molecule has 1 aliphatic rings. The summed E-state index contributed by atoms with van der Waals surface area (Å²) in [6, 6.07) is 7.65. The summed E-state index contributed by atoms with van der Waals surface area (Å²) in [7, 11) is 0. The normalized spacial score (nSPS) is 15.8. The maximum absolute atomic E-state index is 12.1. The van der Waals surface area contributed by atoms with Gasteiger partial charge in [0.15, 0.2) is 6.61 Å². The predicted octanol–water partition coefficient (Wildman–Crippen LogP) is 1.49. The fraction of sp³-hybridized carbons (Fsp3) is 0.500. The lowest BCUT2D eigenvalue weighted by Crippen LogP contribution is -2.41. The molecule has 1 aromatic carbocycles. The van der Waals surface area contributed by atoms with E-state index in [2.05, 4.69) is 0 Å². The molecule has 0 unspecified atom stereocenters. The lowest BCUT2D eigenvalue weighted by molar-refractivity contribution is -0.134. The Morgan fingerprint density at radius 2 is 2.05 bits per heavy atom. The summed E-state index contributed by atoms with van der Waals surface area (Å²) in [5.41, 5.74) is 6.31. The first-order chi connectivity index (χ1) is 10.0. The Kier molecular flexibility index (Phi) is 5.20. The third-order valence-corrected chi connectivity index (χ3v) is 3.81. The summed E-state index contributed by atoms with van der Waals surface area (Å²) in [5, 5.41) is 0. The number of benzene rings is 1. The molecule has 0 atom stereocenters. The zero-order valence-corrected chi connectivity index (χ0v) is 12.4. The SMILES string of the molecule is Cc1cccc(OCC(=O)N2CCC(CC(N)=O)CC2)c1. The van der Waals surface area contributed by atoms with Crippen LogP contribution >= 0.6 is 0 Å². The van der Waals surface area contributed by atoms with E-state index in [-0.39, 0.29) is 18.4 Å². The maximum atomic E-state index is 12.1. The molecule has 114 valence electrons. The molecule has 0 radical (unpaired) electrons. The van der Waals surface area contributed by atoms with Gasteiger partial charge in [-0.25, -0.2) is 0 Å². The summed E-state index contributed by atoms with van der Waals surface area (Å²) in [5.74, 6) is 0.757. The average molecular weight is 290 g/mol. The van der Waals surface area contributed by atoms with E-state index in [4.69, 9.17) is 10.5 Å². The van der Waals surface area contributed by atoms with Crippen molar-refractivity contribution < 1.29 is 14.3 Å². The van der Waals surface area contributed by atoms with Crippen LogP contribution in [0, 0.1) is 12.8 Å². The minimum absolute atomic E-state index is 0.00553. The van der Waals surface area contributed by atoms with Crippen LogP contribution in [0.25, 0.3) is 0 Å². The van der Waals surface area contributed by atoms with Crippen molar-refractivity contribution in [1.82, 2.24) is 4.90 Å². The van der Waals surface area contributed by atoms with Gasteiger partial charge < -0.3 is 15.4 Å². The van der Waals surface area contributed by atoms with E-state index in [9.17, 15) is 9.59 Å². The number of amides is 2. The van der Waals surface area contributed by atoms with Crippen molar-refractivity contribution in [1.29, 1.82) is 0 Å². The Labute approximate surface area is 125 Å². The lowest BCUT2D eigenvalue weighted by Gasteiger charge is -2.31. The summed E-state index contributed by atoms with van der Waals surface area (Å²) >= 11 is 0. The molecule has 1 fully saturated rings. The van der Waals surface area contributed by atoms with E-state index in [1.165, 1.54) is 0 Å². The summed E-state index contributed by atoms with van der Waals surface area (Å²) in [6.45, 7) is 3.39. The highest BCUT2D eigenvalue weighted by atomic mass is 16.5. The molecule has 2 rings (SSSR count). The quantitative estimate of drug-likeness (QED) is 0.893. The molecule has 0 spiro atoms. The monoisotopic (exact) mass is 290 g/mol. The van der Waals surface area contributed by atoms with E-state index >= 15 is 0 Å². The van der Waals surface area contributed by atoms with Crippen LogP contribution < -0.4 is 10.5 Å². The average Bonchev–Trinajstić information content (AvgIpc) is 2.45. The molecule has 0 aliphatic carbocycles. The smallest absolute Gasteiger partial charge is 0.260 e. The van der Waals surface area contributed by atoms with Gasteiger partial charge in [-0.3, -0.25) is 9.59 Å². The first-order valence-corrected chi connectivity index (χ1v) is 7.30. The fourth-order valence-electron chi connectivity index (χ4n) is 2.61. The van der Waals surface area contributed by atoms with Gasteiger partial charge >= 0.3 is 0 Å². The number of carbonyl (C=O) groups is 2. The molecule has 21 heavy (non-hydrogen) atoms. The second-order valence-electron chi connectivity index (χ2n) is 5.60. The summed E-state index contributed by atoms with van der Waals surface area (Å²) in [6.07, 6.45) is 2.08. The number of rotatable bonds is 5. The molecular weight excluding hydrogens is 268 g/mol. The van der Waals surface area contributed by atoms with Crippen LogP contribution in [0.4, 0.5) is 0 Å². The molecule has 2 amide bonds. The molecule has 0 aromatic heterocycles. The minimum atomic E-state index is -0.262. The molecular formula is C16H22N2O3. The van der Waals surface area contributed by atoms with Gasteiger partial charge in [-0.2, -0.15) is 0 Å². The number of hydrogen-bond donors (Lipinski definition) is 1. The number of primary amides is 1. The third kappa shape index (κ3) is 4.77. The Morgan fingerprint density at radius 1 is 1.33 bits per heavy atom. The van der Waals surface area contributed by atoms with Gasteiger partial charge in [0.2, 0.25) is 5.91 Å². The fourth-order valence-corrected chi connectivity index (χ4v) is 2.61. The van der Waals surface area contributed by atoms with Crippen LogP contribution in [0.3, 0.4) is 0 Å². The van der Waals surface area contributed by atoms with Gasteiger partial charge in [0.25, 0.3) is 5.91 Å². The number of likely N-dealkylation sites (tertiary alicyclic amines) is 1. The van der Waals surface area contributed by atoms with Crippen molar-refractivity contribution in [3.05, 3.63) is 29.8 Å². The van der Waals surface area contributed by atoms with Gasteiger partial charge in [0.1, 0.15) is 5.75 Å². The number of carbonyl (C=O) groups excluding carboxylic acids is 2. The van der Waals surface area contributed by atoms with E-state index in [1.807, 2.05) is 31.2 Å². The molecule has 5 nitrogen and oxygen atoms in total. The van der Waals surface area contributed by atoms with Crippen molar-refractivity contribution in [2.45, 2.75) is 26.2 Å². The van der Waals surface area contributed by atoms with E-state index in [1.54, 1.807) is 4.90 Å². The van der Waals surface area contributed by atoms with Gasteiger partial charge in [0, 0.05) is 19.5 Å². The number of nitrogens with two attached hydrogens (primary N) is 1. The number of hydrogen-bond acceptors (Lipinski definition) is 3. The molecule has 1 aromatic rings. The minimum Gasteiger partial charge on any atom is -0.484 e. The van der Waals surface area contributed by atoms with Gasteiger partial charge in [0.05, 0.1) is 0 Å². The third-order valence-electron chi connectivity index (χ3n) is 3.81. The Bertz CT molecular complexity index is 508. The summed E-state index contributed by atoms with van der Waals surface area (Å²) < 4.78 is 5.53. The Morgan fingerprint density at radius 3 is 2.67 bits per heavy atom. The second-order valence-corrected chi connectivity index (χ2v) is 5.60. The number of nitrogens with zero attached hydrogens (tertiary/aromatic N) is 1. The van der Waals surface area contributed by atoms with Crippen molar-refractivity contribution in [2.75, 3.05) is 19.7 Å². The van der Waals surface area contributed by atoms with E-state index < -0.39 is 0 Å². The first-order valence-electron chi connectivity index (χ1n) is 7.30. The van der Waals surface area contributed by atoms with Crippen LogP contribution in [0.5, 0.6) is 5.75 Å². The Hall–Kier alpha value is -2.04. The van der Waals surface area contributed by atoms with Crippen molar-refractivity contribution in [3.63, 3.8) is 0 Å². The number of ether oxygens (including phenoxy) is 1. The predicted molar refractivity (Wildman–Crippen MR) is 79.8 cm³/mol.